The Morgan fingerprint density at radius 1 is 1.50 bits per heavy atom. The number of nitrogens with zero attached hydrogens (tertiary/aromatic N) is 1. The Labute approximate surface area is 105 Å². The maximum absolute atomic E-state index is 11.9. The average Bonchev–Trinajstić information content (AvgIpc) is 2.35. The molecule has 1 amide bonds. The zero-order valence-electron chi connectivity index (χ0n) is 10.6. The number of carbonyl (C=O) groups excluding carboxylic acids is 1. The molecule has 1 heterocycles. The standard InChI is InChI=1S/C12H16N2O4/c1-12(2,11(16)17)7-14-10(15)8-4-5-13-6-9(8)18-3/h4-6H,7H2,1-3H3,(H,14,15)(H,16,17). The molecule has 98 valence electrons. The smallest absolute Gasteiger partial charge is 0.310 e. The van der Waals surface area contributed by atoms with Crippen LogP contribution in [-0.2, 0) is 4.79 Å². The van der Waals surface area contributed by atoms with E-state index in [2.05, 4.69) is 10.3 Å². The third-order valence-electron chi connectivity index (χ3n) is 2.52. The molecule has 2 N–H and O–H groups in total. The minimum atomic E-state index is -1.02. The van der Waals surface area contributed by atoms with Crippen molar-refractivity contribution in [2.45, 2.75) is 13.8 Å². The molecule has 0 unspecified atom stereocenters. The Balaban J connectivity index is 2.75. The Kier molecular flexibility index (Phi) is 4.25. The number of carboxylic acid groups (broad SMARTS) is 1. The lowest BCUT2D eigenvalue weighted by atomic mass is 9.94. The van der Waals surface area contributed by atoms with Gasteiger partial charge in [-0.25, -0.2) is 0 Å². The summed E-state index contributed by atoms with van der Waals surface area (Å²) in [5.74, 6) is -1.00. The second kappa shape index (κ2) is 5.48. The molecule has 1 aromatic rings. The molecule has 0 fully saturated rings. The van der Waals surface area contributed by atoms with Crippen LogP contribution in [0.3, 0.4) is 0 Å². The highest BCUT2D eigenvalue weighted by molar-refractivity contribution is 5.97. The van der Waals surface area contributed by atoms with E-state index in [1.807, 2.05) is 0 Å². The van der Waals surface area contributed by atoms with Gasteiger partial charge in [0.15, 0.2) is 0 Å². The quantitative estimate of drug-likeness (QED) is 0.813. The van der Waals surface area contributed by atoms with E-state index in [-0.39, 0.29) is 12.5 Å². The highest BCUT2D eigenvalue weighted by Gasteiger charge is 2.28. The molecule has 0 atom stereocenters. The van der Waals surface area contributed by atoms with Crippen LogP contribution in [0.5, 0.6) is 5.75 Å². The number of carbonyl (C=O) groups is 2. The summed E-state index contributed by atoms with van der Waals surface area (Å²) < 4.78 is 5.01. The van der Waals surface area contributed by atoms with Crippen molar-refractivity contribution in [2.75, 3.05) is 13.7 Å². The van der Waals surface area contributed by atoms with Gasteiger partial charge in [0, 0.05) is 12.7 Å². The van der Waals surface area contributed by atoms with Gasteiger partial charge in [0.2, 0.25) is 0 Å². The monoisotopic (exact) mass is 252 g/mol. The molecule has 6 nitrogen and oxygen atoms in total. The average molecular weight is 252 g/mol. The van der Waals surface area contributed by atoms with E-state index in [4.69, 9.17) is 9.84 Å². The molecule has 1 aromatic heterocycles. The maximum Gasteiger partial charge on any atom is 0.310 e. The molecule has 6 heteroatoms. The van der Waals surface area contributed by atoms with Gasteiger partial charge in [0.05, 0.1) is 24.3 Å². The van der Waals surface area contributed by atoms with E-state index in [9.17, 15) is 9.59 Å². The van der Waals surface area contributed by atoms with Gasteiger partial charge in [-0.1, -0.05) is 0 Å². The van der Waals surface area contributed by atoms with Crippen molar-refractivity contribution in [3.05, 3.63) is 24.0 Å². The zero-order valence-corrected chi connectivity index (χ0v) is 10.6. The third kappa shape index (κ3) is 3.19. The molecule has 0 aromatic carbocycles. The van der Waals surface area contributed by atoms with E-state index in [0.717, 1.165) is 0 Å². The number of carboxylic acids is 1. The minimum absolute atomic E-state index is 0.0344. The van der Waals surface area contributed by atoms with Crippen LogP contribution >= 0.6 is 0 Å². The molecular weight excluding hydrogens is 236 g/mol. The first-order valence-corrected chi connectivity index (χ1v) is 5.38. The van der Waals surface area contributed by atoms with Gasteiger partial charge in [-0.2, -0.15) is 0 Å². The van der Waals surface area contributed by atoms with E-state index in [1.54, 1.807) is 13.8 Å². The molecule has 0 spiro atoms. The summed E-state index contributed by atoms with van der Waals surface area (Å²) in [6, 6.07) is 1.52. The number of amides is 1. The van der Waals surface area contributed by atoms with Gasteiger partial charge < -0.3 is 15.2 Å². The number of rotatable bonds is 5. The summed E-state index contributed by atoms with van der Waals surface area (Å²) >= 11 is 0. The molecule has 1 rings (SSSR count). The topological polar surface area (TPSA) is 88.5 Å². The first-order chi connectivity index (χ1) is 8.38. The highest BCUT2D eigenvalue weighted by Crippen LogP contribution is 2.17. The lowest BCUT2D eigenvalue weighted by Crippen LogP contribution is -2.39. The van der Waals surface area contributed by atoms with E-state index < -0.39 is 11.4 Å². The number of pyridine rings is 1. The first-order valence-electron chi connectivity index (χ1n) is 5.38. The van der Waals surface area contributed by atoms with Crippen LogP contribution in [0, 0.1) is 5.41 Å². The van der Waals surface area contributed by atoms with Crippen molar-refractivity contribution in [3.8, 4) is 5.75 Å². The first kappa shape index (κ1) is 14.0. The lowest BCUT2D eigenvalue weighted by molar-refractivity contribution is -0.146. The second-order valence-corrected chi connectivity index (χ2v) is 4.45. The zero-order chi connectivity index (χ0) is 13.8. The fourth-order valence-electron chi connectivity index (χ4n) is 1.20. The highest BCUT2D eigenvalue weighted by atomic mass is 16.5. The van der Waals surface area contributed by atoms with Crippen molar-refractivity contribution in [3.63, 3.8) is 0 Å². The van der Waals surface area contributed by atoms with Crippen molar-refractivity contribution in [1.82, 2.24) is 10.3 Å². The molecule has 0 saturated carbocycles. The summed E-state index contributed by atoms with van der Waals surface area (Å²) in [6.07, 6.45) is 2.90. The summed E-state index contributed by atoms with van der Waals surface area (Å²) in [4.78, 5) is 26.6. The summed E-state index contributed by atoms with van der Waals surface area (Å²) in [6.45, 7) is 3.12. The van der Waals surface area contributed by atoms with Crippen LogP contribution in [0.1, 0.15) is 24.2 Å². The van der Waals surface area contributed by atoms with Gasteiger partial charge in [0.25, 0.3) is 5.91 Å². The second-order valence-electron chi connectivity index (χ2n) is 4.45. The molecular formula is C12H16N2O4. The molecule has 0 aliphatic heterocycles. The predicted molar refractivity (Wildman–Crippen MR) is 64.5 cm³/mol. The molecule has 0 saturated heterocycles. The van der Waals surface area contributed by atoms with Gasteiger partial charge in [0.1, 0.15) is 5.75 Å². The normalized spacial score (nSPS) is 10.8. The van der Waals surface area contributed by atoms with Crippen LogP contribution in [0.25, 0.3) is 0 Å². The molecule has 18 heavy (non-hydrogen) atoms. The van der Waals surface area contributed by atoms with Crippen molar-refractivity contribution in [1.29, 1.82) is 0 Å². The number of ether oxygens (including phenoxy) is 1. The molecule has 0 aliphatic rings. The number of aromatic nitrogens is 1. The fraction of sp³-hybridized carbons (Fsp3) is 0.417. The molecule has 0 aliphatic carbocycles. The molecule has 0 bridgehead atoms. The van der Waals surface area contributed by atoms with Crippen LogP contribution < -0.4 is 10.1 Å². The third-order valence-corrected chi connectivity index (χ3v) is 2.52. The van der Waals surface area contributed by atoms with Gasteiger partial charge in [-0.3, -0.25) is 14.6 Å². The maximum atomic E-state index is 11.9. The van der Waals surface area contributed by atoms with Crippen LogP contribution in [0.2, 0.25) is 0 Å². The van der Waals surface area contributed by atoms with E-state index >= 15 is 0 Å². The van der Waals surface area contributed by atoms with Gasteiger partial charge in [-0.05, 0) is 19.9 Å². The van der Waals surface area contributed by atoms with Crippen LogP contribution in [0.4, 0.5) is 0 Å². The number of methoxy groups -OCH3 is 1. The summed E-state index contributed by atoms with van der Waals surface area (Å²) in [5.41, 5.74) is -0.690. The van der Waals surface area contributed by atoms with E-state index in [0.29, 0.717) is 11.3 Å². The minimum Gasteiger partial charge on any atom is -0.494 e. The predicted octanol–water partition coefficient (Wildman–Crippen LogP) is 0.931. The van der Waals surface area contributed by atoms with Crippen molar-refractivity contribution < 1.29 is 19.4 Å². The Bertz CT molecular complexity index is 457. The van der Waals surface area contributed by atoms with Crippen LogP contribution in [-0.4, -0.2) is 35.6 Å². The van der Waals surface area contributed by atoms with Crippen molar-refractivity contribution in [2.24, 2.45) is 5.41 Å². The Morgan fingerprint density at radius 3 is 2.72 bits per heavy atom. The fourth-order valence-corrected chi connectivity index (χ4v) is 1.20. The number of hydrogen-bond acceptors (Lipinski definition) is 4. The van der Waals surface area contributed by atoms with Gasteiger partial charge >= 0.3 is 5.97 Å². The largest absolute Gasteiger partial charge is 0.494 e. The Hall–Kier alpha value is -2.11. The summed E-state index contributed by atoms with van der Waals surface area (Å²) in [7, 11) is 1.44. The van der Waals surface area contributed by atoms with Gasteiger partial charge in [-0.15, -0.1) is 0 Å². The number of nitrogens with one attached hydrogen (secondary N) is 1. The van der Waals surface area contributed by atoms with E-state index in [1.165, 1.54) is 25.6 Å². The van der Waals surface area contributed by atoms with Crippen LogP contribution in [0.15, 0.2) is 18.5 Å². The van der Waals surface area contributed by atoms with Crippen molar-refractivity contribution >= 4 is 11.9 Å². The molecule has 0 radical (unpaired) electrons. The Morgan fingerprint density at radius 2 is 2.17 bits per heavy atom. The number of aliphatic carboxylic acids is 1. The number of hydrogen-bond donors (Lipinski definition) is 2. The SMILES string of the molecule is COc1cnccc1C(=O)NCC(C)(C)C(=O)O. The lowest BCUT2D eigenvalue weighted by Gasteiger charge is -2.19. The summed E-state index contributed by atoms with van der Waals surface area (Å²) in [5, 5.41) is 11.5.